The summed E-state index contributed by atoms with van der Waals surface area (Å²) in [5, 5.41) is 2.23. The van der Waals surface area contributed by atoms with Crippen molar-refractivity contribution in [3.8, 4) is 5.75 Å². The van der Waals surface area contributed by atoms with E-state index in [1.807, 2.05) is 0 Å². The summed E-state index contributed by atoms with van der Waals surface area (Å²) in [7, 11) is 0. The number of amides is 1. The van der Waals surface area contributed by atoms with Crippen LogP contribution in [0.1, 0.15) is 47.1 Å². The average Bonchev–Trinajstić information content (AvgIpc) is 2.36. The van der Waals surface area contributed by atoms with E-state index in [0.717, 1.165) is 6.07 Å². The maximum Gasteiger partial charge on any atom is 0.573 e. The number of esters is 1. The molecule has 0 atom stereocenters. The lowest BCUT2D eigenvalue weighted by atomic mass is 10.1. The summed E-state index contributed by atoms with van der Waals surface area (Å²) in [6, 6.07) is 3.69. The van der Waals surface area contributed by atoms with Crippen molar-refractivity contribution in [1.82, 2.24) is 0 Å². The molecule has 0 unspecified atom stereocenters. The first-order chi connectivity index (χ1) is 12.1. The Morgan fingerprint density at radius 3 is 2.00 bits per heavy atom. The van der Waals surface area contributed by atoms with Crippen molar-refractivity contribution < 1.29 is 37.0 Å². The summed E-state index contributed by atoms with van der Waals surface area (Å²) < 4.78 is 52.3. The molecule has 0 radical (unpaired) electrons. The summed E-state index contributed by atoms with van der Waals surface area (Å²) in [6.07, 6.45) is -6.32. The molecule has 1 aromatic carbocycles. The molecule has 0 aromatic heterocycles. The molecule has 27 heavy (non-hydrogen) atoms. The molecule has 0 aliphatic heterocycles. The molecule has 1 amide bonds. The smallest absolute Gasteiger partial charge is 0.460 e. The second-order valence-corrected chi connectivity index (χ2v) is 7.73. The summed E-state index contributed by atoms with van der Waals surface area (Å²) in [5.74, 6) is -1.33. The minimum absolute atomic E-state index is 0.0943. The molecule has 152 valence electrons. The van der Waals surface area contributed by atoms with E-state index in [-0.39, 0.29) is 17.7 Å². The molecule has 1 N–H and O–H groups in total. The lowest BCUT2D eigenvalue weighted by molar-refractivity contribution is -0.274. The highest BCUT2D eigenvalue weighted by Gasteiger charge is 2.33. The molecule has 0 heterocycles. The number of para-hydroxylation sites is 1. The van der Waals surface area contributed by atoms with E-state index in [2.05, 4.69) is 10.1 Å². The zero-order chi connectivity index (χ0) is 21.0. The Morgan fingerprint density at radius 1 is 0.963 bits per heavy atom. The summed E-state index contributed by atoms with van der Waals surface area (Å²) in [5.41, 5.74) is -1.85. The zero-order valence-electron chi connectivity index (χ0n) is 16.1. The third kappa shape index (κ3) is 9.16. The molecule has 0 saturated heterocycles. The summed E-state index contributed by atoms with van der Waals surface area (Å²) in [6.45, 7) is 9.79. The van der Waals surface area contributed by atoms with Crippen LogP contribution in [0, 0.1) is 0 Å². The van der Waals surface area contributed by atoms with E-state index >= 15 is 0 Å². The number of rotatable bonds is 4. The van der Waals surface area contributed by atoms with Gasteiger partial charge in [-0.3, -0.25) is 10.1 Å². The molecule has 0 fully saturated rings. The van der Waals surface area contributed by atoms with Crippen LogP contribution in [0.4, 0.5) is 23.7 Å². The highest BCUT2D eigenvalue weighted by molar-refractivity contribution is 5.90. The Kier molecular flexibility index (Phi) is 6.74. The Bertz CT molecular complexity index is 688. The number of alkyl halides is 3. The van der Waals surface area contributed by atoms with Crippen molar-refractivity contribution in [3.05, 3.63) is 23.8 Å². The van der Waals surface area contributed by atoms with Gasteiger partial charge in [-0.25, -0.2) is 4.79 Å². The number of carbonyl (C=O) groups excluding carboxylic acids is 2. The summed E-state index contributed by atoms with van der Waals surface area (Å²) in [4.78, 5) is 24.1. The normalized spacial score (nSPS) is 12.3. The fourth-order valence-electron chi connectivity index (χ4n) is 2.01. The number of ether oxygens (including phenoxy) is 3. The Balaban J connectivity index is 3.19. The monoisotopic (exact) mass is 391 g/mol. The van der Waals surface area contributed by atoms with Gasteiger partial charge in [0.15, 0.2) is 5.75 Å². The van der Waals surface area contributed by atoms with Gasteiger partial charge in [-0.1, -0.05) is 12.1 Å². The number of hydrogen-bond donors (Lipinski definition) is 1. The molecule has 1 aromatic rings. The first kappa shape index (κ1) is 22.6. The van der Waals surface area contributed by atoms with E-state index < -0.39 is 35.4 Å². The van der Waals surface area contributed by atoms with Gasteiger partial charge in [0, 0.05) is 0 Å². The predicted octanol–water partition coefficient (Wildman–Crippen LogP) is 4.82. The number of nitrogens with one attached hydrogen (secondary N) is 1. The van der Waals surface area contributed by atoms with Gasteiger partial charge >= 0.3 is 18.4 Å². The van der Waals surface area contributed by atoms with Crippen LogP contribution in [0.3, 0.4) is 0 Å². The van der Waals surface area contributed by atoms with Crippen molar-refractivity contribution in [2.75, 3.05) is 5.32 Å². The number of anilines is 1. The molecule has 1 rings (SSSR count). The number of benzene rings is 1. The largest absolute Gasteiger partial charge is 0.573 e. The second-order valence-electron chi connectivity index (χ2n) is 7.73. The van der Waals surface area contributed by atoms with Crippen LogP contribution in [-0.2, 0) is 20.7 Å². The molecule has 0 spiro atoms. The van der Waals surface area contributed by atoms with E-state index in [1.54, 1.807) is 41.5 Å². The molecular formula is C18H24F3NO5. The number of hydrogen-bond acceptors (Lipinski definition) is 5. The van der Waals surface area contributed by atoms with Crippen LogP contribution in [0.15, 0.2) is 18.2 Å². The molecule has 0 saturated carbocycles. The van der Waals surface area contributed by atoms with Gasteiger partial charge in [-0.15, -0.1) is 13.2 Å². The zero-order valence-corrected chi connectivity index (χ0v) is 16.1. The van der Waals surface area contributed by atoms with Gasteiger partial charge in [0.2, 0.25) is 0 Å². The van der Waals surface area contributed by atoms with Crippen molar-refractivity contribution in [2.45, 2.75) is 65.5 Å². The topological polar surface area (TPSA) is 73.9 Å². The predicted molar refractivity (Wildman–Crippen MR) is 92.5 cm³/mol. The van der Waals surface area contributed by atoms with Crippen molar-refractivity contribution >= 4 is 17.7 Å². The molecular weight excluding hydrogens is 367 g/mol. The molecule has 0 aliphatic rings. The van der Waals surface area contributed by atoms with E-state index in [0.29, 0.717) is 0 Å². The molecule has 9 heteroatoms. The lowest BCUT2D eigenvalue weighted by Crippen LogP contribution is -2.29. The standard InChI is InChI=1S/C18H24F3NO5/c1-16(2,3)26-13(23)10-11-8-7-9-12(25-18(19,20)21)14(11)22-15(24)27-17(4,5)6/h7-9H,10H2,1-6H3,(H,22,24). The highest BCUT2D eigenvalue weighted by atomic mass is 19.4. The third-order valence-corrected chi connectivity index (χ3v) is 2.72. The van der Waals surface area contributed by atoms with Gasteiger partial charge in [0.25, 0.3) is 0 Å². The van der Waals surface area contributed by atoms with Gasteiger partial charge in [0.05, 0.1) is 12.1 Å². The first-order valence-corrected chi connectivity index (χ1v) is 8.15. The van der Waals surface area contributed by atoms with Crippen molar-refractivity contribution in [1.29, 1.82) is 0 Å². The van der Waals surface area contributed by atoms with Crippen LogP contribution in [-0.4, -0.2) is 29.6 Å². The Labute approximate surface area is 156 Å². The number of halogens is 3. The van der Waals surface area contributed by atoms with Crippen molar-refractivity contribution in [3.63, 3.8) is 0 Å². The maximum atomic E-state index is 12.7. The molecule has 0 bridgehead atoms. The quantitative estimate of drug-likeness (QED) is 0.745. The van der Waals surface area contributed by atoms with Crippen molar-refractivity contribution in [2.24, 2.45) is 0 Å². The van der Waals surface area contributed by atoms with Gasteiger partial charge in [-0.05, 0) is 53.2 Å². The number of carbonyl (C=O) groups is 2. The minimum atomic E-state index is -4.98. The Morgan fingerprint density at radius 2 is 1.52 bits per heavy atom. The van der Waals surface area contributed by atoms with E-state index in [1.165, 1.54) is 12.1 Å². The minimum Gasteiger partial charge on any atom is -0.460 e. The van der Waals surface area contributed by atoms with E-state index in [4.69, 9.17) is 9.47 Å². The van der Waals surface area contributed by atoms with Gasteiger partial charge in [-0.2, -0.15) is 0 Å². The van der Waals surface area contributed by atoms with E-state index in [9.17, 15) is 22.8 Å². The fourth-order valence-corrected chi connectivity index (χ4v) is 2.01. The van der Waals surface area contributed by atoms with Crippen LogP contribution in [0.25, 0.3) is 0 Å². The molecule has 0 aliphatic carbocycles. The maximum absolute atomic E-state index is 12.7. The van der Waals surface area contributed by atoms with Gasteiger partial charge < -0.3 is 14.2 Å². The first-order valence-electron chi connectivity index (χ1n) is 8.15. The summed E-state index contributed by atoms with van der Waals surface area (Å²) >= 11 is 0. The van der Waals surface area contributed by atoms with Crippen LogP contribution < -0.4 is 10.1 Å². The Hall–Kier alpha value is -2.45. The SMILES string of the molecule is CC(C)(C)OC(=O)Cc1cccc(OC(F)(F)F)c1NC(=O)OC(C)(C)C. The second kappa shape index (κ2) is 8.06. The lowest BCUT2D eigenvalue weighted by Gasteiger charge is -2.23. The molecule has 6 nitrogen and oxygen atoms in total. The van der Waals surface area contributed by atoms with Gasteiger partial charge in [0.1, 0.15) is 11.2 Å². The fraction of sp³-hybridized carbons (Fsp3) is 0.556. The van der Waals surface area contributed by atoms with Crippen LogP contribution in [0.5, 0.6) is 5.75 Å². The van der Waals surface area contributed by atoms with Crippen LogP contribution >= 0.6 is 0 Å². The highest BCUT2D eigenvalue weighted by Crippen LogP contribution is 2.34. The third-order valence-electron chi connectivity index (χ3n) is 2.72. The average molecular weight is 391 g/mol. The van der Waals surface area contributed by atoms with Crippen LogP contribution in [0.2, 0.25) is 0 Å².